The number of anilines is 9. The maximum absolute atomic E-state index is 5.13. The lowest BCUT2D eigenvalue weighted by Crippen LogP contribution is -2.38. The third kappa shape index (κ3) is 4.35. The molecule has 0 N–H and O–H groups in total. The van der Waals surface area contributed by atoms with Gasteiger partial charge in [-0.15, -0.1) is 0 Å². The van der Waals surface area contributed by atoms with Crippen LogP contribution in [0.1, 0.15) is 99.9 Å². The first-order valence-electron chi connectivity index (χ1n) is 20.3. The van der Waals surface area contributed by atoms with Crippen LogP contribution in [0, 0.1) is 0 Å². The van der Waals surface area contributed by atoms with Gasteiger partial charge in [0.1, 0.15) is 11.6 Å². The molecule has 0 atom stereocenters. The number of para-hydroxylation sites is 3. The average Bonchev–Trinajstić information content (AvgIpc) is 3.21. The summed E-state index contributed by atoms with van der Waals surface area (Å²) in [4.78, 5) is 17.5. The minimum atomic E-state index is -0.232. The highest BCUT2D eigenvalue weighted by atomic mass is 15.2. The molecule has 0 aliphatic carbocycles. The van der Waals surface area contributed by atoms with Crippen LogP contribution in [0.25, 0.3) is 0 Å². The van der Waals surface area contributed by atoms with Crippen molar-refractivity contribution in [2.75, 3.05) is 14.7 Å². The third-order valence-electron chi connectivity index (χ3n) is 13.9. The molecule has 0 bridgehead atoms. The fraction of sp³-hybridized carbons (Fsp3) is 0.231. The molecule has 0 saturated heterocycles. The lowest BCUT2D eigenvalue weighted by molar-refractivity contribution is 0.594. The molecule has 280 valence electrons. The van der Waals surface area contributed by atoms with E-state index in [0.717, 1.165) is 23.0 Å². The SMILES string of the molecule is CC1(C)c2ccccc2N(c2ccc3c(c2)N2c4ncccc4C(C)(C)c4cccc(c42)C3(C)C)c2cc(N3c4ccccc4C(C)(C)c4cccnc43)ccc21. The van der Waals surface area contributed by atoms with Crippen LogP contribution in [-0.2, 0) is 21.7 Å². The van der Waals surface area contributed by atoms with Gasteiger partial charge in [-0.25, -0.2) is 9.97 Å². The molecule has 2 aromatic heterocycles. The van der Waals surface area contributed by atoms with Crippen LogP contribution in [0.4, 0.5) is 51.4 Å². The first-order valence-corrected chi connectivity index (χ1v) is 20.3. The summed E-state index contributed by atoms with van der Waals surface area (Å²) in [6.07, 6.45) is 3.87. The van der Waals surface area contributed by atoms with Crippen molar-refractivity contribution in [2.24, 2.45) is 0 Å². The Balaban J connectivity index is 1.16. The topological polar surface area (TPSA) is 35.5 Å². The van der Waals surface area contributed by atoms with Crippen LogP contribution in [0.15, 0.2) is 140 Å². The molecule has 7 aromatic rings. The standard InChI is InChI=1S/C52H47N5/c1-49(2)34-16-9-11-22-42(34)55(44-31-33(25-27-36(44)49)56-43-23-12-10-17-35(43)51(5,6)40-20-14-28-53-47(40)56)32-24-26-37-45(30-32)57-46-38(50(37,3)4)18-13-19-39(46)52(7,8)41-21-15-29-54-48(41)57/h9-31H,1-8H3. The summed E-state index contributed by atoms with van der Waals surface area (Å²) >= 11 is 0. The largest absolute Gasteiger partial charge is 0.310 e. The molecule has 57 heavy (non-hydrogen) atoms. The number of hydrogen-bond donors (Lipinski definition) is 0. The first-order chi connectivity index (χ1) is 27.3. The lowest BCUT2D eigenvalue weighted by atomic mass is 9.67. The van der Waals surface area contributed by atoms with E-state index < -0.39 is 0 Å². The van der Waals surface area contributed by atoms with Crippen LogP contribution >= 0.6 is 0 Å². The molecule has 0 radical (unpaired) electrons. The van der Waals surface area contributed by atoms with Gasteiger partial charge in [0.05, 0.1) is 28.4 Å². The Morgan fingerprint density at radius 3 is 1.30 bits per heavy atom. The summed E-state index contributed by atoms with van der Waals surface area (Å²) in [5, 5.41) is 0. The molecule has 0 saturated carbocycles. The van der Waals surface area contributed by atoms with E-state index in [4.69, 9.17) is 9.97 Å². The first kappa shape index (κ1) is 34.1. The Kier molecular flexibility index (Phi) is 6.71. The second kappa shape index (κ2) is 11.2. The third-order valence-corrected chi connectivity index (χ3v) is 13.9. The van der Waals surface area contributed by atoms with E-state index in [1.807, 2.05) is 12.4 Å². The number of nitrogens with zero attached hydrogens (tertiary/aromatic N) is 5. The zero-order chi connectivity index (χ0) is 39.2. The fourth-order valence-electron chi connectivity index (χ4n) is 10.8. The highest BCUT2D eigenvalue weighted by Gasteiger charge is 2.47. The lowest BCUT2D eigenvalue weighted by Gasteiger charge is -2.49. The Morgan fingerprint density at radius 2 is 0.719 bits per heavy atom. The number of hydrogen-bond acceptors (Lipinski definition) is 5. The molecule has 0 spiro atoms. The Hall–Kier alpha value is -6.20. The molecule has 4 aliphatic rings. The van der Waals surface area contributed by atoms with Gasteiger partial charge in [0, 0.05) is 56.6 Å². The number of benzene rings is 5. The fourth-order valence-corrected chi connectivity index (χ4v) is 10.8. The Bertz CT molecular complexity index is 2780. The van der Waals surface area contributed by atoms with Gasteiger partial charge < -0.3 is 4.90 Å². The van der Waals surface area contributed by atoms with E-state index in [2.05, 4.69) is 197 Å². The summed E-state index contributed by atoms with van der Waals surface area (Å²) in [5.74, 6) is 1.99. The van der Waals surface area contributed by atoms with Crippen molar-refractivity contribution < 1.29 is 0 Å². The molecular weight excluding hydrogens is 695 g/mol. The summed E-state index contributed by atoms with van der Waals surface area (Å²) in [5.41, 5.74) is 17.7. The van der Waals surface area contributed by atoms with Gasteiger partial charge in [-0.05, 0) is 81.9 Å². The van der Waals surface area contributed by atoms with Crippen molar-refractivity contribution in [1.82, 2.24) is 9.97 Å². The molecule has 5 heteroatoms. The minimum Gasteiger partial charge on any atom is -0.310 e. The van der Waals surface area contributed by atoms with E-state index in [0.29, 0.717) is 0 Å². The zero-order valence-corrected chi connectivity index (χ0v) is 34.0. The van der Waals surface area contributed by atoms with Gasteiger partial charge in [-0.2, -0.15) is 0 Å². The van der Waals surface area contributed by atoms with E-state index in [1.54, 1.807) is 0 Å². The van der Waals surface area contributed by atoms with Crippen LogP contribution in [-0.4, -0.2) is 9.97 Å². The monoisotopic (exact) mass is 741 g/mol. The van der Waals surface area contributed by atoms with Gasteiger partial charge in [-0.3, -0.25) is 9.80 Å². The molecule has 0 amide bonds. The molecule has 5 nitrogen and oxygen atoms in total. The molecular formula is C52H47N5. The summed E-state index contributed by atoms with van der Waals surface area (Å²) in [6.45, 7) is 18.8. The minimum absolute atomic E-state index is 0.190. The maximum Gasteiger partial charge on any atom is 0.141 e. The van der Waals surface area contributed by atoms with E-state index in [1.165, 1.54) is 72.9 Å². The predicted octanol–water partition coefficient (Wildman–Crippen LogP) is 13.4. The summed E-state index contributed by atoms with van der Waals surface area (Å²) < 4.78 is 0. The van der Waals surface area contributed by atoms with Crippen molar-refractivity contribution in [1.29, 1.82) is 0 Å². The van der Waals surface area contributed by atoms with Crippen molar-refractivity contribution in [2.45, 2.75) is 77.0 Å². The molecule has 11 rings (SSSR count). The molecule has 4 aliphatic heterocycles. The highest BCUT2D eigenvalue weighted by Crippen LogP contribution is 2.61. The Morgan fingerprint density at radius 1 is 0.333 bits per heavy atom. The van der Waals surface area contributed by atoms with Crippen LogP contribution in [0.3, 0.4) is 0 Å². The van der Waals surface area contributed by atoms with Gasteiger partial charge in [-0.1, -0.05) is 134 Å². The van der Waals surface area contributed by atoms with Gasteiger partial charge >= 0.3 is 0 Å². The summed E-state index contributed by atoms with van der Waals surface area (Å²) in [7, 11) is 0. The molecule has 0 fully saturated rings. The normalized spacial score (nSPS) is 17.9. The van der Waals surface area contributed by atoms with Gasteiger partial charge in [0.25, 0.3) is 0 Å². The predicted molar refractivity (Wildman–Crippen MR) is 235 cm³/mol. The summed E-state index contributed by atoms with van der Waals surface area (Å²) in [6, 6.07) is 47.5. The average molecular weight is 742 g/mol. The van der Waals surface area contributed by atoms with Crippen molar-refractivity contribution in [3.05, 3.63) is 184 Å². The quantitative estimate of drug-likeness (QED) is 0.176. The van der Waals surface area contributed by atoms with Crippen molar-refractivity contribution in [3.8, 4) is 0 Å². The van der Waals surface area contributed by atoms with E-state index in [-0.39, 0.29) is 21.7 Å². The molecule has 6 heterocycles. The molecule has 0 unspecified atom stereocenters. The van der Waals surface area contributed by atoms with Crippen LogP contribution in [0.5, 0.6) is 0 Å². The number of pyridine rings is 2. The number of aromatic nitrogens is 2. The van der Waals surface area contributed by atoms with Gasteiger partial charge in [0.2, 0.25) is 0 Å². The highest BCUT2D eigenvalue weighted by molar-refractivity contribution is 5.96. The number of rotatable bonds is 2. The van der Waals surface area contributed by atoms with E-state index in [9.17, 15) is 0 Å². The van der Waals surface area contributed by atoms with E-state index >= 15 is 0 Å². The smallest absolute Gasteiger partial charge is 0.141 e. The molecule has 5 aromatic carbocycles. The van der Waals surface area contributed by atoms with Gasteiger partial charge in [0.15, 0.2) is 0 Å². The van der Waals surface area contributed by atoms with Crippen LogP contribution < -0.4 is 14.7 Å². The maximum atomic E-state index is 5.13. The second-order valence-electron chi connectivity index (χ2n) is 18.4. The number of fused-ring (bicyclic) bond motifs is 8. The Labute approximate surface area is 336 Å². The second-order valence-corrected chi connectivity index (χ2v) is 18.4. The van der Waals surface area contributed by atoms with Crippen LogP contribution in [0.2, 0.25) is 0 Å². The zero-order valence-electron chi connectivity index (χ0n) is 34.0. The van der Waals surface area contributed by atoms with Crippen molar-refractivity contribution >= 4 is 51.4 Å². The van der Waals surface area contributed by atoms with Crippen molar-refractivity contribution in [3.63, 3.8) is 0 Å².